The molecule has 3 heterocycles. The normalized spacial score (nSPS) is 22.9. The van der Waals surface area contributed by atoms with Crippen molar-refractivity contribution < 1.29 is 4.79 Å². The third-order valence-electron chi connectivity index (χ3n) is 6.28. The van der Waals surface area contributed by atoms with Gasteiger partial charge in [0, 0.05) is 30.6 Å². The topological polar surface area (TPSA) is 50.2 Å². The molecule has 5 rings (SSSR count). The van der Waals surface area contributed by atoms with Gasteiger partial charge in [-0.25, -0.2) is 4.98 Å². The fourth-order valence-electron chi connectivity index (χ4n) is 4.83. The zero-order valence-electron chi connectivity index (χ0n) is 16.3. The van der Waals surface area contributed by atoms with Crippen LogP contribution in [0.2, 0.25) is 0 Å². The number of carbonyl (C=O) groups is 1. The molecule has 0 amide bonds. The van der Waals surface area contributed by atoms with Gasteiger partial charge in [0.1, 0.15) is 5.82 Å². The van der Waals surface area contributed by atoms with Crippen LogP contribution in [0.25, 0.3) is 16.7 Å². The fourth-order valence-corrected chi connectivity index (χ4v) is 4.83. The Kier molecular flexibility index (Phi) is 4.49. The van der Waals surface area contributed by atoms with Crippen LogP contribution in [0, 0.1) is 12.8 Å². The molecular weight excluding hydrogens is 348 g/mol. The van der Waals surface area contributed by atoms with Gasteiger partial charge in [-0.05, 0) is 57.1 Å². The summed E-state index contributed by atoms with van der Waals surface area (Å²) < 4.78 is 2.12. The molecule has 2 aliphatic rings. The molecule has 28 heavy (non-hydrogen) atoms. The number of Topliss-reactive ketones (excluding diaryl/α,β-unsaturated/α-hetero) is 1. The van der Waals surface area contributed by atoms with E-state index in [4.69, 9.17) is 0 Å². The molecule has 2 aliphatic heterocycles. The molecular formula is C23H26N4O. The predicted octanol–water partition coefficient (Wildman–Crippen LogP) is 3.20. The summed E-state index contributed by atoms with van der Waals surface area (Å²) >= 11 is 0. The first-order chi connectivity index (χ1) is 13.7. The molecule has 2 atom stereocenters. The minimum Gasteiger partial charge on any atom is -0.315 e. The Labute approximate surface area is 165 Å². The number of hydrogen-bond acceptors (Lipinski definition) is 4. The van der Waals surface area contributed by atoms with E-state index in [2.05, 4.69) is 25.8 Å². The molecule has 2 unspecified atom stereocenters. The molecule has 5 heteroatoms. The quantitative estimate of drug-likeness (QED) is 0.713. The average molecular weight is 374 g/mol. The van der Waals surface area contributed by atoms with Crippen LogP contribution >= 0.6 is 0 Å². The molecule has 144 valence electrons. The van der Waals surface area contributed by atoms with Crippen LogP contribution in [0.5, 0.6) is 0 Å². The maximum atomic E-state index is 13.5. The number of likely N-dealkylation sites (tertiary alicyclic amines) is 1. The molecule has 2 saturated heterocycles. The van der Waals surface area contributed by atoms with Gasteiger partial charge in [-0.15, -0.1) is 0 Å². The third-order valence-corrected chi connectivity index (χ3v) is 6.28. The zero-order chi connectivity index (χ0) is 19.1. The van der Waals surface area contributed by atoms with Crippen molar-refractivity contribution in [1.82, 2.24) is 19.8 Å². The summed E-state index contributed by atoms with van der Waals surface area (Å²) in [5, 5.41) is 3.44. The van der Waals surface area contributed by atoms with Gasteiger partial charge in [0.15, 0.2) is 5.78 Å². The first-order valence-corrected chi connectivity index (χ1v) is 10.2. The van der Waals surface area contributed by atoms with E-state index in [1.165, 1.54) is 6.42 Å². The van der Waals surface area contributed by atoms with Crippen LogP contribution in [0.15, 0.2) is 48.5 Å². The van der Waals surface area contributed by atoms with E-state index >= 15 is 0 Å². The Bertz CT molecular complexity index is 1020. The summed E-state index contributed by atoms with van der Waals surface area (Å²) in [6.45, 7) is 6.06. The average Bonchev–Trinajstić information content (AvgIpc) is 3.46. The number of aromatic nitrogens is 2. The van der Waals surface area contributed by atoms with Crippen molar-refractivity contribution in [3.8, 4) is 5.69 Å². The maximum absolute atomic E-state index is 13.5. The van der Waals surface area contributed by atoms with Crippen LogP contribution in [-0.2, 0) is 0 Å². The number of rotatable bonds is 4. The molecule has 1 N–H and O–H groups in total. The van der Waals surface area contributed by atoms with Gasteiger partial charge >= 0.3 is 0 Å². The second kappa shape index (κ2) is 7.15. The van der Waals surface area contributed by atoms with Gasteiger partial charge in [-0.2, -0.15) is 0 Å². The number of imidazole rings is 1. The van der Waals surface area contributed by atoms with Gasteiger partial charge in [0.05, 0.1) is 16.7 Å². The van der Waals surface area contributed by atoms with Crippen molar-refractivity contribution in [3.63, 3.8) is 0 Å². The minimum atomic E-state index is 0.0804. The van der Waals surface area contributed by atoms with E-state index in [1.807, 2.05) is 49.4 Å². The lowest BCUT2D eigenvalue weighted by Crippen LogP contribution is -2.35. The van der Waals surface area contributed by atoms with Crippen LogP contribution < -0.4 is 5.32 Å². The highest BCUT2D eigenvalue weighted by atomic mass is 16.1. The minimum absolute atomic E-state index is 0.0804. The van der Waals surface area contributed by atoms with E-state index in [9.17, 15) is 4.79 Å². The van der Waals surface area contributed by atoms with Crippen LogP contribution in [-0.4, -0.2) is 52.5 Å². The summed E-state index contributed by atoms with van der Waals surface area (Å²) in [7, 11) is 0. The molecule has 3 aromatic rings. The lowest BCUT2D eigenvalue weighted by Gasteiger charge is -2.22. The van der Waals surface area contributed by atoms with Crippen molar-refractivity contribution in [2.24, 2.45) is 5.92 Å². The third kappa shape index (κ3) is 2.95. The monoisotopic (exact) mass is 374 g/mol. The van der Waals surface area contributed by atoms with Crippen LogP contribution in [0.1, 0.15) is 29.0 Å². The predicted molar refractivity (Wildman–Crippen MR) is 111 cm³/mol. The zero-order valence-corrected chi connectivity index (χ0v) is 16.3. The number of benzene rings is 2. The smallest absolute Gasteiger partial charge is 0.169 e. The van der Waals surface area contributed by atoms with Gasteiger partial charge in [-0.1, -0.05) is 24.3 Å². The highest BCUT2D eigenvalue weighted by Gasteiger charge is 2.34. The summed E-state index contributed by atoms with van der Waals surface area (Å²) in [5.74, 6) is 1.25. The van der Waals surface area contributed by atoms with Crippen molar-refractivity contribution in [2.75, 3.05) is 26.2 Å². The molecule has 5 nitrogen and oxygen atoms in total. The summed E-state index contributed by atoms with van der Waals surface area (Å²) in [5.41, 5.74) is 3.76. The van der Waals surface area contributed by atoms with Crippen LogP contribution in [0.3, 0.4) is 0 Å². The van der Waals surface area contributed by atoms with E-state index in [1.54, 1.807) is 0 Å². The molecule has 0 aliphatic carbocycles. The van der Waals surface area contributed by atoms with Gasteiger partial charge in [0.25, 0.3) is 0 Å². The molecule has 0 radical (unpaired) electrons. The lowest BCUT2D eigenvalue weighted by molar-refractivity contribution is 0.0919. The number of aryl methyl sites for hydroxylation is 1. The van der Waals surface area contributed by atoms with E-state index < -0.39 is 0 Å². The van der Waals surface area contributed by atoms with E-state index in [0.717, 1.165) is 60.7 Å². The molecule has 0 saturated carbocycles. The fraction of sp³-hybridized carbons (Fsp3) is 0.391. The van der Waals surface area contributed by atoms with Crippen LogP contribution in [0.4, 0.5) is 0 Å². The molecule has 1 aromatic heterocycles. The number of ketones is 1. The Morgan fingerprint density at radius 1 is 1.11 bits per heavy atom. The molecule has 2 fully saturated rings. The number of carbonyl (C=O) groups excluding carboxylic acids is 1. The second-order valence-corrected chi connectivity index (χ2v) is 7.99. The number of nitrogens with one attached hydrogen (secondary N) is 1. The standard InChI is InChI=1S/C23H26N4O/c1-16-25-20-7-3-5-9-22(20)27(16)21-8-4-2-6-19(21)23(28)17-11-13-26(15-17)18-10-12-24-14-18/h2-9,17-18,24H,10-15H2,1H3. The molecule has 0 spiro atoms. The number of hydrogen-bond donors (Lipinski definition) is 1. The summed E-state index contributed by atoms with van der Waals surface area (Å²) in [6.07, 6.45) is 2.14. The number of nitrogens with zero attached hydrogens (tertiary/aromatic N) is 3. The van der Waals surface area contributed by atoms with Crippen molar-refractivity contribution >= 4 is 16.8 Å². The first kappa shape index (κ1) is 17.6. The maximum Gasteiger partial charge on any atom is 0.169 e. The van der Waals surface area contributed by atoms with Gasteiger partial charge < -0.3 is 5.32 Å². The van der Waals surface area contributed by atoms with E-state index in [-0.39, 0.29) is 11.7 Å². The molecule has 0 bridgehead atoms. The van der Waals surface area contributed by atoms with E-state index in [0.29, 0.717) is 6.04 Å². The highest BCUT2D eigenvalue weighted by molar-refractivity contribution is 6.02. The summed E-state index contributed by atoms with van der Waals surface area (Å²) in [6, 6.07) is 16.7. The number of para-hydroxylation sites is 3. The Balaban J connectivity index is 1.48. The second-order valence-electron chi connectivity index (χ2n) is 7.99. The van der Waals surface area contributed by atoms with Gasteiger partial charge in [-0.3, -0.25) is 14.3 Å². The summed E-state index contributed by atoms with van der Waals surface area (Å²) in [4.78, 5) is 20.7. The highest BCUT2D eigenvalue weighted by Crippen LogP contribution is 2.29. The molecule has 2 aromatic carbocycles. The van der Waals surface area contributed by atoms with Crippen molar-refractivity contribution in [3.05, 3.63) is 59.9 Å². The van der Waals surface area contributed by atoms with Gasteiger partial charge in [0.2, 0.25) is 0 Å². The SMILES string of the molecule is Cc1nc2ccccc2n1-c1ccccc1C(=O)C1CCN(C2CCNC2)C1. The van der Waals surface area contributed by atoms with Crippen molar-refractivity contribution in [1.29, 1.82) is 0 Å². The first-order valence-electron chi connectivity index (χ1n) is 10.2. The Morgan fingerprint density at radius 3 is 2.79 bits per heavy atom. The largest absolute Gasteiger partial charge is 0.315 e. The lowest BCUT2D eigenvalue weighted by atomic mass is 9.95. The van der Waals surface area contributed by atoms with Crippen molar-refractivity contribution in [2.45, 2.75) is 25.8 Å². The Hall–Kier alpha value is -2.50. The Morgan fingerprint density at radius 2 is 1.93 bits per heavy atom. The number of fused-ring (bicyclic) bond motifs is 1.